The lowest BCUT2D eigenvalue weighted by atomic mass is 9.78. The first-order valence-corrected chi connectivity index (χ1v) is 10.7. The van der Waals surface area contributed by atoms with Gasteiger partial charge in [-0.05, 0) is 63.1 Å². The number of piperidine rings is 1. The normalized spacial score (nSPS) is 21.3. The van der Waals surface area contributed by atoms with Gasteiger partial charge in [0.25, 0.3) is 5.91 Å². The summed E-state index contributed by atoms with van der Waals surface area (Å²) in [7, 11) is 0. The molecule has 1 amide bonds. The zero-order chi connectivity index (χ0) is 20.1. The van der Waals surface area contributed by atoms with Crippen molar-refractivity contribution in [3.8, 4) is 5.75 Å². The standard InChI is InChI=1S/C22H30N4O3/c1-2-26-11-5-20(24-26)21(27)25-12-8-22(9-13-25)16-18(7-15-29-22)6-14-28-19-4-3-10-23-17-19/h3-5,10-11,17-18H,2,6-9,12-16H2,1H3. The number of aryl methyl sites for hydroxylation is 1. The van der Waals surface area contributed by atoms with E-state index in [0.29, 0.717) is 18.2 Å². The summed E-state index contributed by atoms with van der Waals surface area (Å²) >= 11 is 0. The van der Waals surface area contributed by atoms with E-state index in [1.54, 1.807) is 17.1 Å². The average molecular weight is 399 g/mol. The maximum absolute atomic E-state index is 12.7. The summed E-state index contributed by atoms with van der Waals surface area (Å²) < 4.78 is 13.9. The van der Waals surface area contributed by atoms with Crippen LogP contribution in [0.5, 0.6) is 5.75 Å². The van der Waals surface area contributed by atoms with Crippen LogP contribution in [0, 0.1) is 5.92 Å². The first-order chi connectivity index (χ1) is 14.2. The molecule has 1 spiro atoms. The van der Waals surface area contributed by atoms with Crippen molar-refractivity contribution >= 4 is 5.91 Å². The summed E-state index contributed by atoms with van der Waals surface area (Å²) in [5.74, 6) is 1.46. The summed E-state index contributed by atoms with van der Waals surface area (Å²) in [4.78, 5) is 18.7. The lowest BCUT2D eigenvalue weighted by Crippen LogP contribution is -2.51. The minimum atomic E-state index is -0.0865. The van der Waals surface area contributed by atoms with Crippen LogP contribution in [-0.2, 0) is 11.3 Å². The van der Waals surface area contributed by atoms with E-state index in [4.69, 9.17) is 9.47 Å². The van der Waals surface area contributed by atoms with Gasteiger partial charge in [0.05, 0.1) is 18.4 Å². The van der Waals surface area contributed by atoms with Crippen LogP contribution in [-0.4, -0.2) is 57.5 Å². The molecule has 156 valence electrons. The number of likely N-dealkylation sites (tertiary alicyclic amines) is 1. The molecule has 0 bridgehead atoms. The largest absolute Gasteiger partial charge is 0.492 e. The van der Waals surface area contributed by atoms with E-state index in [1.807, 2.05) is 36.2 Å². The molecular formula is C22H30N4O3. The highest BCUT2D eigenvalue weighted by molar-refractivity contribution is 5.92. The number of rotatable bonds is 6. The fourth-order valence-electron chi connectivity index (χ4n) is 4.43. The molecule has 0 aromatic carbocycles. The summed E-state index contributed by atoms with van der Waals surface area (Å²) in [6.07, 6.45) is 10.3. The van der Waals surface area contributed by atoms with Crippen LogP contribution in [0.25, 0.3) is 0 Å². The summed E-state index contributed by atoms with van der Waals surface area (Å²) in [6.45, 7) is 5.76. The third-order valence-corrected chi connectivity index (χ3v) is 6.17. The smallest absolute Gasteiger partial charge is 0.274 e. The monoisotopic (exact) mass is 398 g/mol. The molecule has 2 aliphatic rings. The Labute approximate surface area is 172 Å². The summed E-state index contributed by atoms with van der Waals surface area (Å²) in [5, 5.41) is 4.35. The molecule has 4 heterocycles. The van der Waals surface area contributed by atoms with Gasteiger partial charge in [-0.3, -0.25) is 14.5 Å². The molecule has 2 aromatic heterocycles. The molecule has 2 fully saturated rings. The summed E-state index contributed by atoms with van der Waals surface area (Å²) in [5.41, 5.74) is 0.453. The van der Waals surface area contributed by atoms with Crippen molar-refractivity contribution in [1.82, 2.24) is 19.7 Å². The van der Waals surface area contributed by atoms with Gasteiger partial charge in [-0.2, -0.15) is 5.10 Å². The van der Waals surface area contributed by atoms with Crippen molar-refractivity contribution in [2.45, 2.75) is 51.2 Å². The third kappa shape index (κ3) is 4.78. The number of aromatic nitrogens is 3. The number of pyridine rings is 1. The van der Waals surface area contributed by atoms with E-state index in [9.17, 15) is 4.79 Å². The molecular weight excluding hydrogens is 368 g/mol. The van der Waals surface area contributed by atoms with Gasteiger partial charge in [0.1, 0.15) is 11.4 Å². The molecule has 29 heavy (non-hydrogen) atoms. The predicted octanol–water partition coefficient (Wildman–Crippen LogP) is 3.17. The van der Waals surface area contributed by atoms with E-state index in [-0.39, 0.29) is 11.5 Å². The van der Waals surface area contributed by atoms with E-state index in [2.05, 4.69) is 10.1 Å². The van der Waals surface area contributed by atoms with Crippen LogP contribution in [0.3, 0.4) is 0 Å². The molecule has 2 aromatic rings. The third-order valence-electron chi connectivity index (χ3n) is 6.17. The average Bonchev–Trinajstić information content (AvgIpc) is 3.24. The number of nitrogens with zero attached hydrogens (tertiary/aromatic N) is 4. The number of hydrogen-bond donors (Lipinski definition) is 0. The molecule has 0 saturated carbocycles. The molecule has 2 saturated heterocycles. The maximum Gasteiger partial charge on any atom is 0.274 e. The number of amides is 1. The van der Waals surface area contributed by atoms with Crippen LogP contribution in [0.1, 0.15) is 49.5 Å². The van der Waals surface area contributed by atoms with E-state index in [1.165, 1.54) is 0 Å². The van der Waals surface area contributed by atoms with Crippen molar-refractivity contribution in [2.24, 2.45) is 5.92 Å². The lowest BCUT2D eigenvalue weighted by Gasteiger charge is -2.46. The molecule has 0 aliphatic carbocycles. The first kappa shape index (κ1) is 19.9. The fourth-order valence-corrected chi connectivity index (χ4v) is 4.43. The van der Waals surface area contributed by atoms with Gasteiger partial charge in [0.15, 0.2) is 0 Å². The van der Waals surface area contributed by atoms with Crippen LogP contribution in [0.4, 0.5) is 0 Å². The van der Waals surface area contributed by atoms with Crippen LogP contribution in [0.2, 0.25) is 0 Å². The maximum atomic E-state index is 12.7. The highest BCUT2D eigenvalue weighted by atomic mass is 16.5. The quantitative estimate of drug-likeness (QED) is 0.748. The Balaban J connectivity index is 1.26. The van der Waals surface area contributed by atoms with Crippen LogP contribution < -0.4 is 4.74 Å². The minimum absolute atomic E-state index is 0.0317. The predicted molar refractivity (Wildman–Crippen MR) is 109 cm³/mol. The second kappa shape index (κ2) is 8.95. The van der Waals surface area contributed by atoms with Gasteiger partial charge >= 0.3 is 0 Å². The molecule has 1 atom stereocenters. The molecule has 7 heteroatoms. The highest BCUT2D eigenvalue weighted by Crippen LogP contribution is 2.39. The zero-order valence-electron chi connectivity index (χ0n) is 17.1. The van der Waals surface area contributed by atoms with Gasteiger partial charge in [-0.25, -0.2) is 0 Å². The molecule has 0 N–H and O–H groups in total. The number of carbonyl (C=O) groups excluding carboxylic acids is 1. The van der Waals surface area contributed by atoms with Crippen LogP contribution in [0.15, 0.2) is 36.8 Å². The van der Waals surface area contributed by atoms with E-state index < -0.39 is 0 Å². The molecule has 4 rings (SSSR count). The van der Waals surface area contributed by atoms with Crippen molar-refractivity contribution in [2.75, 3.05) is 26.3 Å². The number of ether oxygens (including phenoxy) is 2. The van der Waals surface area contributed by atoms with Gasteiger partial charge in [0, 0.05) is 38.6 Å². The Bertz CT molecular complexity index is 799. The Hall–Kier alpha value is -2.41. The lowest BCUT2D eigenvalue weighted by molar-refractivity contribution is -0.125. The SMILES string of the molecule is CCn1ccc(C(=O)N2CCC3(CC2)CC(CCOc2cccnc2)CCO3)n1. The minimum Gasteiger partial charge on any atom is -0.492 e. The number of carbonyl (C=O) groups is 1. The van der Waals surface area contributed by atoms with Crippen molar-refractivity contribution in [3.05, 3.63) is 42.5 Å². The Morgan fingerprint density at radius 1 is 1.34 bits per heavy atom. The van der Waals surface area contributed by atoms with E-state index in [0.717, 1.165) is 64.1 Å². The van der Waals surface area contributed by atoms with Gasteiger partial charge in [-0.1, -0.05) is 0 Å². The van der Waals surface area contributed by atoms with Crippen molar-refractivity contribution in [1.29, 1.82) is 0 Å². The number of hydrogen-bond acceptors (Lipinski definition) is 5. The van der Waals surface area contributed by atoms with Gasteiger partial charge in [0.2, 0.25) is 0 Å². The highest BCUT2D eigenvalue weighted by Gasteiger charge is 2.41. The molecule has 2 aliphatic heterocycles. The molecule has 1 unspecified atom stereocenters. The van der Waals surface area contributed by atoms with E-state index >= 15 is 0 Å². The van der Waals surface area contributed by atoms with Crippen LogP contribution >= 0.6 is 0 Å². The molecule has 0 radical (unpaired) electrons. The summed E-state index contributed by atoms with van der Waals surface area (Å²) in [6, 6.07) is 5.64. The van der Waals surface area contributed by atoms with Gasteiger partial charge < -0.3 is 14.4 Å². The Morgan fingerprint density at radius 3 is 2.93 bits per heavy atom. The van der Waals surface area contributed by atoms with Crippen molar-refractivity contribution < 1.29 is 14.3 Å². The Kier molecular flexibility index (Phi) is 6.13. The fraction of sp³-hybridized carbons (Fsp3) is 0.591. The zero-order valence-corrected chi connectivity index (χ0v) is 17.1. The second-order valence-corrected chi connectivity index (χ2v) is 8.07. The van der Waals surface area contributed by atoms with Crippen molar-refractivity contribution in [3.63, 3.8) is 0 Å². The Morgan fingerprint density at radius 2 is 2.21 bits per heavy atom. The first-order valence-electron chi connectivity index (χ1n) is 10.7. The molecule has 7 nitrogen and oxygen atoms in total. The second-order valence-electron chi connectivity index (χ2n) is 8.07. The van der Waals surface area contributed by atoms with Gasteiger partial charge in [-0.15, -0.1) is 0 Å². The topological polar surface area (TPSA) is 69.5 Å².